The van der Waals surface area contributed by atoms with Crippen LogP contribution in [0.4, 0.5) is 4.39 Å². The lowest BCUT2D eigenvalue weighted by atomic mass is 10.2. The Morgan fingerprint density at radius 2 is 2.23 bits per heavy atom. The van der Waals surface area contributed by atoms with Crippen LogP contribution >= 0.6 is 0 Å². The van der Waals surface area contributed by atoms with E-state index in [0.29, 0.717) is 37.4 Å². The normalized spacial score (nSPS) is 19.3. The Bertz CT molecular complexity index is 882. The second kappa shape index (κ2) is 9.53. The lowest BCUT2D eigenvalue weighted by Gasteiger charge is -2.20. The summed E-state index contributed by atoms with van der Waals surface area (Å²) in [6.07, 6.45) is 2.78. The number of amides is 1. The first-order valence-electron chi connectivity index (χ1n) is 10.5. The van der Waals surface area contributed by atoms with Crippen molar-refractivity contribution in [2.45, 2.75) is 44.9 Å². The second-order valence-corrected chi connectivity index (χ2v) is 7.71. The number of benzene rings is 1. The quantitative estimate of drug-likeness (QED) is 0.732. The fourth-order valence-corrected chi connectivity index (χ4v) is 4.01. The van der Waals surface area contributed by atoms with Gasteiger partial charge in [-0.1, -0.05) is 0 Å². The van der Waals surface area contributed by atoms with E-state index in [9.17, 15) is 9.18 Å². The maximum Gasteiger partial charge on any atom is 0.249 e. The van der Waals surface area contributed by atoms with Crippen LogP contribution in [0.25, 0.3) is 0 Å². The number of hydrogen-bond donors (Lipinski definition) is 1. The number of halogens is 1. The first-order valence-corrected chi connectivity index (χ1v) is 10.5. The molecule has 0 saturated carbocycles. The molecule has 0 unspecified atom stereocenters. The number of aromatic nitrogens is 3. The minimum Gasteiger partial charge on any atom is -0.497 e. The molecule has 0 spiro atoms. The van der Waals surface area contributed by atoms with Gasteiger partial charge < -0.3 is 19.4 Å². The molecule has 0 radical (unpaired) electrons. The van der Waals surface area contributed by atoms with E-state index in [-0.39, 0.29) is 17.8 Å². The Morgan fingerprint density at radius 3 is 3.03 bits per heavy atom. The first-order chi connectivity index (χ1) is 14.6. The Kier molecular flexibility index (Phi) is 6.59. The molecule has 8 nitrogen and oxygen atoms in total. The molecule has 2 aromatic rings. The van der Waals surface area contributed by atoms with Crippen LogP contribution in [0.5, 0.6) is 5.75 Å². The summed E-state index contributed by atoms with van der Waals surface area (Å²) in [4.78, 5) is 14.3. The van der Waals surface area contributed by atoms with Crippen LogP contribution in [-0.4, -0.2) is 65.0 Å². The van der Waals surface area contributed by atoms with Crippen molar-refractivity contribution in [1.82, 2.24) is 25.0 Å². The zero-order valence-electron chi connectivity index (χ0n) is 17.3. The highest BCUT2D eigenvalue weighted by atomic mass is 19.1. The van der Waals surface area contributed by atoms with E-state index >= 15 is 0 Å². The van der Waals surface area contributed by atoms with E-state index in [0.717, 1.165) is 50.5 Å². The van der Waals surface area contributed by atoms with Crippen LogP contribution in [0.3, 0.4) is 0 Å². The highest BCUT2D eigenvalue weighted by Gasteiger charge is 2.24. The van der Waals surface area contributed by atoms with Gasteiger partial charge in [-0.25, -0.2) is 4.39 Å². The lowest BCUT2D eigenvalue weighted by molar-refractivity contribution is -0.130. The van der Waals surface area contributed by atoms with Gasteiger partial charge in [0.1, 0.15) is 29.3 Å². The number of methoxy groups -OCH3 is 1. The van der Waals surface area contributed by atoms with Gasteiger partial charge in [-0.2, -0.15) is 0 Å². The molecule has 4 rings (SSSR count). The van der Waals surface area contributed by atoms with Crippen molar-refractivity contribution in [1.29, 1.82) is 0 Å². The smallest absolute Gasteiger partial charge is 0.249 e. The molecular formula is C21H28FN5O3. The predicted octanol–water partition coefficient (Wildman–Crippen LogP) is 1.32. The minimum atomic E-state index is -0.314. The largest absolute Gasteiger partial charge is 0.497 e. The summed E-state index contributed by atoms with van der Waals surface area (Å²) >= 11 is 0. The molecule has 1 amide bonds. The van der Waals surface area contributed by atoms with Crippen LogP contribution in [-0.2, 0) is 35.5 Å². The molecular weight excluding hydrogens is 389 g/mol. The van der Waals surface area contributed by atoms with Gasteiger partial charge in [0.15, 0.2) is 0 Å². The second-order valence-electron chi connectivity index (χ2n) is 7.71. The lowest BCUT2D eigenvalue weighted by Crippen LogP contribution is -2.35. The molecule has 2 aliphatic rings. The molecule has 0 aliphatic carbocycles. The Hall–Kier alpha value is -2.52. The summed E-state index contributed by atoms with van der Waals surface area (Å²) in [6, 6.07) is 4.83. The fourth-order valence-electron chi connectivity index (χ4n) is 4.01. The van der Waals surface area contributed by atoms with E-state index in [2.05, 4.69) is 25.0 Å². The maximum absolute atomic E-state index is 14.2. The van der Waals surface area contributed by atoms with Crippen LogP contribution in [0.15, 0.2) is 18.2 Å². The molecule has 0 bridgehead atoms. The first kappa shape index (κ1) is 20.7. The van der Waals surface area contributed by atoms with E-state index in [1.54, 1.807) is 19.2 Å². The number of rotatable bonds is 7. The van der Waals surface area contributed by atoms with Crippen molar-refractivity contribution in [3.63, 3.8) is 0 Å². The fraction of sp³-hybridized carbons (Fsp3) is 0.571. The number of ether oxygens (including phenoxy) is 2. The number of fused-ring (bicyclic) bond motifs is 1. The molecule has 1 saturated heterocycles. The number of carbonyl (C=O) groups is 1. The third-order valence-corrected chi connectivity index (χ3v) is 5.71. The highest BCUT2D eigenvalue weighted by Crippen LogP contribution is 2.19. The van der Waals surface area contributed by atoms with Gasteiger partial charge in [-0.05, 0) is 31.0 Å². The molecule has 2 aliphatic heterocycles. The van der Waals surface area contributed by atoms with Crippen molar-refractivity contribution in [2.24, 2.45) is 0 Å². The SMILES string of the molecule is COc1ccc(F)c(CN2CCc3nnc(CCNC(=O)[C@H]4CCCO4)n3CC2)c1. The zero-order valence-corrected chi connectivity index (χ0v) is 17.3. The van der Waals surface area contributed by atoms with E-state index in [1.165, 1.54) is 6.07 Å². The van der Waals surface area contributed by atoms with Gasteiger partial charge in [0, 0.05) is 57.7 Å². The van der Waals surface area contributed by atoms with Gasteiger partial charge in [-0.15, -0.1) is 10.2 Å². The standard InChI is InChI=1S/C21H28FN5O3/c1-29-16-4-5-17(22)15(13-16)14-26-9-7-20-25-24-19(27(20)11-10-26)6-8-23-21(28)18-3-2-12-30-18/h4-5,13,18H,2-3,6-12,14H2,1H3,(H,23,28)/t18-/m1/s1. The van der Waals surface area contributed by atoms with E-state index in [1.807, 2.05) is 0 Å². The summed E-state index contributed by atoms with van der Waals surface area (Å²) < 4.78 is 26.9. The minimum absolute atomic E-state index is 0.0467. The molecule has 1 N–H and O–H groups in total. The summed E-state index contributed by atoms with van der Waals surface area (Å²) in [6.45, 7) is 3.99. The molecule has 1 aromatic carbocycles. The maximum atomic E-state index is 14.2. The number of carbonyl (C=O) groups excluding carboxylic acids is 1. The van der Waals surface area contributed by atoms with Gasteiger partial charge >= 0.3 is 0 Å². The van der Waals surface area contributed by atoms with Crippen molar-refractivity contribution >= 4 is 5.91 Å². The average Bonchev–Trinajstić information content (AvgIpc) is 3.38. The van der Waals surface area contributed by atoms with Gasteiger partial charge in [-0.3, -0.25) is 9.69 Å². The van der Waals surface area contributed by atoms with Gasteiger partial charge in [0.05, 0.1) is 7.11 Å². The third-order valence-electron chi connectivity index (χ3n) is 5.71. The summed E-state index contributed by atoms with van der Waals surface area (Å²) in [5, 5.41) is 11.6. The van der Waals surface area contributed by atoms with Crippen molar-refractivity contribution < 1.29 is 18.7 Å². The van der Waals surface area contributed by atoms with Crippen molar-refractivity contribution in [3.05, 3.63) is 41.2 Å². The van der Waals surface area contributed by atoms with Gasteiger partial charge in [0.25, 0.3) is 0 Å². The van der Waals surface area contributed by atoms with Gasteiger partial charge in [0.2, 0.25) is 5.91 Å². The molecule has 1 aromatic heterocycles. The number of nitrogens with zero attached hydrogens (tertiary/aromatic N) is 4. The summed E-state index contributed by atoms with van der Waals surface area (Å²) in [7, 11) is 1.58. The van der Waals surface area contributed by atoms with Crippen LogP contribution < -0.4 is 10.1 Å². The van der Waals surface area contributed by atoms with E-state index in [4.69, 9.17) is 9.47 Å². The molecule has 30 heavy (non-hydrogen) atoms. The monoisotopic (exact) mass is 417 g/mol. The Labute approximate surface area is 175 Å². The molecule has 9 heteroatoms. The Balaban J connectivity index is 1.32. The average molecular weight is 417 g/mol. The summed E-state index contributed by atoms with van der Waals surface area (Å²) in [5.41, 5.74) is 0.629. The predicted molar refractivity (Wildman–Crippen MR) is 108 cm³/mol. The number of hydrogen-bond acceptors (Lipinski definition) is 6. The molecule has 162 valence electrons. The van der Waals surface area contributed by atoms with E-state index < -0.39 is 0 Å². The topological polar surface area (TPSA) is 81.5 Å². The van der Waals surface area contributed by atoms with Crippen molar-refractivity contribution in [2.75, 3.05) is 33.4 Å². The van der Waals surface area contributed by atoms with Crippen LogP contribution in [0, 0.1) is 5.82 Å². The highest BCUT2D eigenvalue weighted by molar-refractivity contribution is 5.80. The molecule has 1 atom stereocenters. The number of nitrogens with one attached hydrogen (secondary N) is 1. The third kappa shape index (κ3) is 4.79. The summed E-state index contributed by atoms with van der Waals surface area (Å²) in [5.74, 6) is 2.19. The van der Waals surface area contributed by atoms with Crippen molar-refractivity contribution in [3.8, 4) is 5.75 Å². The van der Waals surface area contributed by atoms with Crippen LogP contribution in [0.1, 0.15) is 30.1 Å². The molecule has 3 heterocycles. The molecule has 1 fully saturated rings. The zero-order chi connectivity index (χ0) is 20.9. The van der Waals surface area contributed by atoms with Crippen LogP contribution in [0.2, 0.25) is 0 Å². The Morgan fingerprint density at radius 1 is 1.33 bits per heavy atom.